The molecule has 0 saturated carbocycles. The van der Waals surface area contributed by atoms with E-state index in [-0.39, 0.29) is 18.3 Å². The van der Waals surface area contributed by atoms with Crippen molar-refractivity contribution < 1.29 is 9.53 Å². The SMILES string of the molecule is COc1cc(CNC(=O)CCN)ccc1C.Cl. The molecule has 0 heterocycles. The maximum absolute atomic E-state index is 11.2. The van der Waals surface area contributed by atoms with Crippen molar-refractivity contribution in [2.45, 2.75) is 19.9 Å². The summed E-state index contributed by atoms with van der Waals surface area (Å²) in [6, 6.07) is 5.88. The third-order valence-electron chi connectivity index (χ3n) is 2.33. The molecule has 0 aromatic heterocycles. The number of nitrogens with one attached hydrogen (secondary N) is 1. The molecule has 0 aliphatic rings. The maximum Gasteiger partial charge on any atom is 0.221 e. The Morgan fingerprint density at radius 2 is 2.18 bits per heavy atom. The van der Waals surface area contributed by atoms with E-state index in [4.69, 9.17) is 10.5 Å². The monoisotopic (exact) mass is 258 g/mol. The van der Waals surface area contributed by atoms with E-state index in [1.807, 2.05) is 25.1 Å². The Labute approximate surface area is 108 Å². The van der Waals surface area contributed by atoms with Crippen molar-refractivity contribution in [1.29, 1.82) is 0 Å². The van der Waals surface area contributed by atoms with E-state index in [0.29, 0.717) is 19.5 Å². The van der Waals surface area contributed by atoms with Gasteiger partial charge in [-0.05, 0) is 24.1 Å². The van der Waals surface area contributed by atoms with E-state index in [0.717, 1.165) is 16.9 Å². The van der Waals surface area contributed by atoms with Crippen LogP contribution in [0.4, 0.5) is 0 Å². The largest absolute Gasteiger partial charge is 0.496 e. The smallest absolute Gasteiger partial charge is 0.221 e. The fourth-order valence-corrected chi connectivity index (χ4v) is 1.39. The molecule has 1 amide bonds. The minimum atomic E-state index is -0.0259. The molecule has 0 radical (unpaired) electrons. The summed E-state index contributed by atoms with van der Waals surface area (Å²) in [7, 11) is 1.64. The van der Waals surface area contributed by atoms with Crippen LogP contribution in [0.5, 0.6) is 5.75 Å². The number of halogens is 1. The normalized spacial score (nSPS) is 9.35. The number of hydrogen-bond donors (Lipinski definition) is 2. The first-order valence-electron chi connectivity index (χ1n) is 5.27. The van der Waals surface area contributed by atoms with E-state index in [9.17, 15) is 4.79 Å². The summed E-state index contributed by atoms with van der Waals surface area (Å²) >= 11 is 0. The fraction of sp³-hybridized carbons (Fsp3) is 0.417. The molecule has 0 atom stereocenters. The standard InChI is InChI=1S/C12H18N2O2.ClH/c1-9-3-4-10(7-11(9)16-2)8-14-12(15)5-6-13;/h3-4,7H,5-6,8,13H2,1-2H3,(H,14,15);1H. The lowest BCUT2D eigenvalue weighted by Gasteiger charge is -2.08. The van der Waals surface area contributed by atoms with Crippen LogP contribution in [0.25, 0.3) is 0 Å². The van der Waals surface area contributed by atoms with Gasteiger partial charge in [0.1, 0.15) is 5.75 Å². The Bertz CT molecular complexity index is 370. The minimum Gasteiger partial charge on any atom is -0.496 e. The Balaban J connectivity index is 0.00000256. The van der Waals surface area contributed by atoms with Gasteiger partial charge in [-0.2, -0.15) is 0 Å². The summed E-state index contributed by atoms with van der Waals surface area (Å²) in [6.07, 6.45) is 0.364. The molecule has 3 N–H and O–H groups in total. The number of carbonyl (C=O) groups is 1. The predicted molar refractivity (Wildman–Crippen MR) is 70.5 cm³/mol. The van der Waals surface area contributed by atoms with Gasteiger partial charge in [0.25, 0.3) is 0 Å². The van der Waals surface area contributed by atoms with Crippen LogP contribution in [-0.2, 0) is 11.3 Å². The highest BCUT2D eigenvalue weighted by atomic mass is 35.5. The molecule has 0 aliphatic carbocycles. The topological polar surface area (TPSA) is 64.3 Å². The number of hydrogen-bond acceptors (Lipinski definition) is 3. The maximum atomic E-state index is 11.2. The van der Waals surface area contributed by atoms with Gasteiger partial charge < -0.3 is 15.8 Å². The highest BCUT2D eigenvalue weighted by Crippen LogP contribution is 2.18. The van der Waals surface area contributed by atoms with Crippen LogP contribution < -0.4 is 15.8 Å². The molecule has 0 saturated heterocycles. The summed E-state index contributed by atoms with van der Waals surface area (Å²) in [5, 5.41) is 2.80. The van der Waals surface area contributed by atoms with Gasteiger partial charge in [-0.3, -0.25) is 4.79 Å². The summed E-state index contributed by atoms with van der Waals surface area (Å²) < 4.78 is 5.21. The number of aryl methyl sites for hydroxylation is 1. The number of ether oxygens (including phenoxy) is 1. The second-order valence-corrected chi connectivity index (χ2v) is 3.62. The van der Waals surface area contributed by atoms with E-state index < -0.39 is 0 Å². The summed E-state index contributed by atoms with van der Waals surface area (Å²) in [5.41, 5.74) is 7.39. The molecule has 5 heteroatoms. The van der Waals surface area contributed by atoms with E-state index >= 15 is 0 Å². The zero-order valence-electron chi connectivity index (χ0n) is 10.2. The van der Waals surface area contributed by atoms with E-state index in [1.54, 1.807) is 7.11 Å². The molecule has 0 fully saturated rings. The van der Waals surface area contributed by atoms with Crippen LogP contribution in [0, 0.1) is 6.92 Å². The van der Waals surface area contributed by atoms with Gasteiger partial charge in [-0.15, -0.1) is 12.4 Å². The molecule has 0 bridgehead atoms. The van der Waals surface area contributed by atoms with Crippen LogP contribution in [0.2, 0.25) is 0 Å². The van der Waals surface area contributed by atoms with Gasteiger partial charge in [-0.1, -0.05) is 12.1 Å². The van der Waals surface area contributed by atoms with Gasteiger partial charge in [0.2, 0.25) is 5.91 Å². The molecule has 1 rings (SSSR count). The van der Waals surface area contributed by atoms with Crippen molar-refractivity contribution in [3.63, 3.8) is 0 Å². The first-order valence-corrected chi connectivity index (χ1v) is 5.27. The second-order valence-electron chi connectivity index (χ2n) is 3.62. The van der Waals surface area contributed by atoms with Gasteiger partial charge in [0.05, 0.1) is 7.11 Å². The van der Waals surface area contributed by atoms with Crippen LogP contribution in [0.3, 0.4) is 0 Å². The van der Waals surface area contributed by atoms with Crippen molar-refractivity contribution >= 4 is 18.3 Å². The molecule has 0 unspecified atom stereocenters. The van der Waals surface area contributed by atoms with Crippen molar-refractivity contribution in [1.82, 2.24) is 5.32 Å². The molecular formula is C12H19ClN2O2. The van der Waals surface area contributed by atoms with Gasteiger partial charge in [-0.25, -0.2) is 0 Å². The number of amides is 1. The average Bonchev–Trinajstić information content (AvgIpc) is 2.28. The Kier molecular flexibility index (Phi) is 7.34. The third-order valence-corrected chi connectivity index (χ3v) is 2.33. The Hall–Kier alpha value is -1.26. The third kappa shape index (κ3) is 5.06. The highest BCUT2D eigenvalue weighted by molar-refractivity contribution is 5.85. The summed E-state index contributed by atoms with van der Waals surface area (Å²) in [5.74, 6) is 0.813. The molecular weight excluding hydrogens is 240 g/mol. The molecule has 17 heavy (non-hydrogen) atoms. The highest BCUT2D eigenvalue weighted by Gasteiger charge is 2.02. The van der Waals surface area contributed by atoms with E-state index in [2.05, 4.69) is 5.32 Å². The lowest BCUT2D eigenvalue weighted by Crippen LogP contribution is -2.24. The summed E-state index contributed by atoms with van der Waals surface area (Å²) in [6.45, 7) is 2.87. The number of benzene rings is 1. The van der Waals surface area contributed by atoms with Crippen molar-refractivity contribution in [2.24, 2.45) is 5.73 Å². The first kappa shape index (κ1) is 15.7. The molecule has 1 aromatic rings. The zero-order chi connectivity index (χ0) is 12.0. The number of nitrogens with two attached hydrogens (primary N) is 1. The molecule has 0 spiro atoms. The molecule has 96 valence electrons. The van der Waals surface area contributed by atoms with Crippen LogP contribution in [-0.4, -0.2) is 19.6 Å². The van der Waals surface area contributed by atoms with Crippen LogP contribution in [0.1, 0.15) is 17.5 Å². The lowest BCUT2D eigenvalue weighted by molar-refractivity contribution is -0.121. The average molecular weight is 259 g/mol. The van der Waals surface area contributed by atoms with Gasteiger partial charge in [0, 0.05) is 19.5 Å². The fourth-order valence-electron chi connectivity index (χ4n) is 1.39. The lowest BCUT2D eigenvalue weighted by atomic mass is 10.1. The minimum absolute atomic E-state index is 0. The number of rotatable bonds is 5. The predicted octanol–water partition coefficient (Wildman–Crippen LogP) is 1.39. The van der Waals surface area contributed by atoms with Gasteiger partial charge >= 0.3 is 0 Å². The van der Waals surface area contributed by atoms with Gasteiger partial charge in [0.15, 0.2) is 0 Å². The van der Waals surface area contributed by atoms with E-state index in [1.165, 1.54) is 0 Å². The van der Waals surface area contributed by atoms with Crippen molar-refractivity contribution in [3.05, 3.63) is 29.3 Å². The Morgan fingerprint density at radius 1 is 1.47 bits per heavy atom. The van der Waals surface area contributed by atoms with Crippen LogP contribution >= 0.6 is 12.4 Å². The molecule has 0 aliphatic heterocycles. The first-order chi connectivity index (χ1) is 7.67. The summed E-state index contributed by atoms with van der Waals surface area (Å²) in [4.78, 5) is 11.2. The molecule has 4 nitrogen and oxygen atoms in total. The Morgan fingerprint density at radius 3 is 2.76 bits per heavy atom. The molecule has 1 aromatic carbocycles. The number of methoxy groups -OCH3 is 1. The zero-order valence-corrected chi connectivity index (χ0v) is 11.0. The number of carbonyl (C=O) groups excluding carboxylic acids is 1. The van der Waals surface area contributed by atoms with Crippen LogP contribution in [0.15, 0.2) is 18.2 Å². The van der Waals surface area contributed by atoms with Crippen molar-refractivity contribution in [2.75, 3.05) is 13.7 Å². The quantitative estimate of drug-likeness (QED) is 0.839. The van der Waals surface area contributed by atoms with Crippen molar-refractivity contribution in [3.8, 4) is 5.75 Å². The second kappa shape index (κ2) is 7.92.